The van der Waals surface area contributed by atoms with E-state index in [9.17, 15) is 4.79 Å². The summed E-state index contributed by atoms with van der Waals surface area (Å²) in [5.41, 5.74) is 7.15. The molecular weight excluding hydrogens is 258 g/mol. The molecule has 1 fully saturated rings. The summed E-state index contributed by atoms with van der Waals surface area (Å²) >= 11 is 0. The Morgan fingerprint density at radius 2 is 2.15 bits per heavy atom. The van der Waals surface area contributed by atoms with E-state index in [0.717, 1.165) is 5.69 Å². The van der Waals surface area contributed by atoms with Crippen molar-refractivity contribution in [1.82, 2.24) is 4.90 Å². The van der Waals surface area contributed by atoms with Gasteiger partial charge in [0, 0.05) is 24.8 Å². The van der Waals surface area contributed by atoms with Crippen molar-refractivity contribution in [3.63, 3.8) is 0 Å². The van der Waals surface area contributed by atoms with E-state index in [-0.39, 0.29) is 11.9 Å². The Balaban J connectivity index is 1.99. The number of rotatable bonds is 4. The molecule has 0 saturated carbocycles. The molecule has 0 bridgehead atoms. The van der Waals surface area contributed by atoms with Crippen LogP contribution in [0.1, 0.15) is 6.92 Å². The predicted molar refractivity (Wildman–Crippen MR) is 77.9 cm³/mol. The highest BCUT2D eigenvalue weighted by atomic mass is 16.5. The molecule has 20 heavy (non-hydrogen) atoms. The number of carbonyl (C=O) groups excluding carboxylic acids is 1. The van der Waals surface area contributed by atoms with Crippen LogP contribution in [0.3, 0.4) is 0 Å². The van der Waals surface area contributed by atoms with Gasteiger partial charge in [-0.3, -0.25) is 4.79 Å². The number of methoxy groups -OCH3 is 1. The van der Waals surface area contributed by atoms with E-state index in [1.165, 1.54) is 0 Å². The number of carbonyl (C=O) groups is 1. The summed E-state index contributed by atoms with van der Waals surface area (Å²) in [6, 6.07) is 5.08. The summed E-state index contributed by atoms with van der Waals surface area (Å²) in [6.07, 6.45) is 0. The second kappa shape index (κ2) is 6.47. The first-order chi connectivity index (χ1) is 9.61. The summed E-state index contributed by atoms with van der Waals surface area (Å²) in [5, 5.41) is 3.17. The third-order valence-electron chi connectivity index (χ3n) is 3.31. The largest absolute Gasteiger partial charge is 0.495 e. The molecule has 1 saturated heterocycles. The van der Waals surface area contributed by atoms with Crippen LogP contribution < -0.4 is 15.8 Å². The summed E-state index contributed by atoms with van der Waals surface area (Å²) in [5.74, 6) is 0.671. The summed E-state index contributed by atoms with van der Waals surface area (Å²) in [6.45, 7) is 4.36. The SMILES string of the molecule is COc1cc(NC(C)C(=O)N2CCOCC2)ccc1N. The van der Waals surface area contributed by atoms with Crippen LogP contribution in [0.2, 0.25) is 0 Å². The topological polar surface area (TPSA) is 76.8 Å². The Kier molecular flexibility index (Phi) is 4.68. The zero-order chi connectivity index (χ0) is 14.5. The molecule has 0 aliphatic carbocycles. The standard InChI is InChI=1S/C14H21N3O3/c1-10(14(18)17-5-7-20-8-6-17)16-11-3-4-12(15)13(9-11)19-2/h3-4,9-10,16H,5-8,15H2,1-2H3. The molecule has 1 aliphatic heterocycles. The van der Waals surface area contributed by atoms with Crippen molar-refractivity contribution in [3.8, 4) is 5.75 Å². The van der Waals surface area contributed by atoms with Crippen LogP contribution in [0.25, 0.3) is 0 Å². The van der Waals surface area contributed by atoms with Gasteiger partial charge in [-0.2, -0.15) is 0 Å². The fraction of sp³-hybridized carbons (Fsp3) is 0.500. The first-order valence-electron chi connectivity index (χ1n) is 6.68. The lowest BCUT2D eigenvalue weighted by atomic mass is 10.2. The van der Waals surface area contributed by atoms with Crippen LogP contribution in [-0.2, 0) is 9.53 Å². The maximum absolute atomic E-state index is 12.3. The highest BCUT2D eigenvalue weighted by molar-refractivity contribution is 5.84. The molecule has 1 heterocycles. The Hall–Kier alpha value is -1.95. The number of ether oxygens (including phenoxy) is 2. The minimum absolute atomic E-state index is 0.0732. The van der Waals surface area contributed by atoms with E-state index in [1.807, 2.05) is 17.9 Å². The molecule has 1 unspecified atom stereocenters. The maximum Gasteiger partial charge on any atom is 0.244 e. The Morgan fingerprint density at radius 1 is 1.45 bits per heavy atom. The van der Waals surface area contributed by atoms with Gasteiger partial charge in [0.15, 0.2) is 0 Å². The molecule has 3 N–H and O–H groups in total. The molecule has 0 radical (unpaired) electrons. The van der Waals surface area contributed by atoms with Crippen LogP contribution in [0.15, 0.2) is 18.2 Å². The van der Waals surface area contributed by atoms with Crippen molar-refractivity contribution in [2.45, 2.75) is 13.0 Å². The normalized spacial score (nSPS) is 16.6. The number of benzene rings is 1. The van der Waals surface area contributed by atoms with Gasteiger partial charge in [-0.25, -0.2) is 0 Å². The molecule has 2 rings (SSSR count). The van der Waals surface area contributed by atoms with Gasteiger partial charge in [-0.15, -0.1) is 0 Å². The monoisotopic (exact) mass is 279 g/mol. The summed E-state index contributed by atoms with van der Waals surface area (Å²) in [7, 11) is 1.57. The molecule has 110 valence electrons. The van der Waals surface area contributed by atoms with Gasteiger partial charge in [0.25, 0.3) is 0 Å². The van der Waals surface area contributed by atoms with E-state index < -0.39 is 0 Å². The predicted octanol–water partition coefficient (Wildman–Crippen LogP) is 0.937. The van der Waals surface area contributed by atoms with Crippen LogP contribution in [0.4, 0.5) is 11.4 Å². The van der Waals surface area contributed by atoms with Crippen LogP contribution in [0, 0.1) is 0 Å². The van der Waals surface area contributed by atoms with Crippen molar-refractivity contribution in [1.29, 1.82) is 0 Å². The molecule has 0 aromatic heterocycles. The summed E-state index contributed by atoms with van der Waals surface area (Å²) < 4.78 is 10.4. The second-order valence-electron chi connectivity index (χ2n) is 4.76. The van der Waals surface area contributed by atoms with Gasteiger partial charge in [-0.1, -0.05) is 0 Å². The summed E-state index contributed by atoms with van der Waals surface area (Å²) in [4.78, 5) is 14.1. The highest BCUT2D eigenvalue weighted by Gasteiger charge is 2.22. The van der Waals surface area contributed by atoms with Gasteiger partial charge in [0.05, 0.1) is 26.0 Å². The average molecular weight is 279 g/mol. The minimum atomic E-state index is -0.304. The van der Waals surface area contributed by atoms with Crippen molar-refractivity contribution >= 4 is 17.3 Å². The molecule has 0 spiro atoms. The molecule has 1 atom stereocenters. The number of hydrogen-bond acceptors (Lipinski definition) is 5. The molecule has 1 aromatic carbocycles. The number of nitrogen functional groups attached to an aromatic ring is 1. The molecule has 6 heteroatoms. The highest BCUT2D eigenvalue weighted by Crippen LogP contribution is 2.25. The lowest BCUT2D eigenvalue weighted by Crippen LogP contribution is -2.46. The minimum Gasteiger partial charge on any atom is -0.495 e. The molecule has 1 amide bonds. The fourth-order valence-corrected chi connectivity index (χ4v) is 2.17. The van der Waals surface area contributed by atoms with Crippen LogP contribution in [-0.4, -0.2) is 50.3 Å². The van der Waals surface area contributed by atoms with Crippen LogP contribution in [0.5, 0.6) is 5.75 Å². The number of hydrogen-bond donors (Lipinski definition) is 2. The first kappa shape index (κ1) is 14.5. The number of anilines is 2. The third-order valence-corrected chi connectivity index (χ3v) is 3.31. The van der Waals surface area contributed by atoms with Crippen molar-refractivity contribution in [3.05, 3.63) is 18.2 Å². The lowest BCUT2D eigenvalue weighted by Gasteiger charge is -2.29. The van der Waals surface area contributed by atoms with Gasteiger partial charge >= 0.3 is 0 Å². The Bertz CT molecular complexity index is 473. The molecule has 1 aliphatic rings. The van der Waals surface area contributed by atoms with Gasteiger partial charge in [0.2, 0.25) is 5.91 Å². The number of morpholine rings is 1. The fourth-order valence-electron chi connectivity index (χ4n) is 2.17. The van der Waals surface area contributed by atoms with Gasteiger partial charge in [-0.05, 0) is 19.1 Å². The maximum atomic E-state index is 12.3. The van der Waals surface area contributed by atoms with E-state index in [1.54, 1.807) is 19.2 Å². The van der Waals surface area contributed by atoms with Crippen molar-refractivity contribution in [2.24, 2.45) is 0 Å². The first-order valence-corrected chi connectivity index (χ1v) is 6.68. The van der Waals surface area contributed by atoms with E-state index >= 15 is 0 Å². The van der Waals surface area contributed by atoms with Gasteiger partial charge < -0.3 is 25.4 Å². The Morgan fingerprint density at radius 3 is 2.80 bits per heavy atom. The number of nitrogens with zero attached hydrogens (tertiary/aromatic N) is 1. The van der Waals surface area contributed by atoms with Crippen molar-refractivity contribution in [2.75, 3.05) is 44.5 Å². The number of amides is 1. The number of nitrogens with one attached hydrogen (secondary N) is 1. The van der Waals surface area contributed by atoms with E-state index in [4.69, 9.17) is 15.2 Å². The Labute approximate surface area is 118 Å². The second-order valence-corrected chi connectivity index (χ2v) is 4.76. The van der Waals surface area contributed by atoms with Gasteiger partial charge in [0.1, 0.15) is 11.8 Å². The van der Waals surface area contributed by atoms with Crippen LogP contribution >= 0.6 is 0 Å². The lowest BCUT2D eigenvalue weighted by molar-refractivity contribution is -0.135. The van der Waals surface area contributed by atoms with E-state index in [0.29, 0.717) is 37.7 Å². The molecular formula is C14H21N3O3. The third kappa shape index (κ3) is 3.33. The molecule has 6 nitrogen and oxygen atoms in total. The zero-order valence-corrected chi connectivity index (χ0v) is 11.9. The van der Waals surface area contributed by atoms with E-state index in [2.05, 4.69) is 5.32 Å². The number of nitrogens with two attached hydrogens (primary N) is 1. The van der Waals surface area contributed by atoms with Crippen molar-refractivity contribution < 1.29 is 14.3 Å². The quantitative estimate of drug-likeness (QED) is 0.802. The zero-order valence-electron chi connectivity index (χ0n) is 11.9. The molecule has 1 aromatic rings. The average Bonchev–Trinajstić information content (AvgIpc) is 2.49. The smallest absolute Gasteiger partial charge is 0.244 e.